The fraction of sp³-hybridized carbons (Fsp3) is 0.158. The highest BCUT2D eigenvalue weighted by Gasteiger charge is 2.24. The van der Waals surface area contributed by atoms with Crippen LogP contribution in [0.15, 0.2) is 59.5 Å². The Morgan fingerprint density at radius 1 is 0.962 bits per heavy atom. The largest absolute Gasteiger partial charge is 0.491 e. The van der Waals surface area contributed by atoms with Crippen molar-refractivity contribution in [3.63, 3.8) is 0 Å². The molecule has 2 N–H and O–H groups in total. The second kappa shape index (κ2) is 8.55. The number of aliphatic hydroxyl groups is 1. The van der Waals surface area contributed by atoms with Crippen LogP contribution in [-0.2, 0) is 4.79 Å². The van der Waals surface area contributed by atoms with Crippen molar-refractivity contribution in [2.75, 3.05) is 13.2 Å². The predicted octanol–water partition coefficient (Wildman–Crippen LogP) is 2.83. The quantitative estimate of drug-likeness (QED) is 0.728. The van der Waals surface area contributed by atoms with Crippen LogP contribution in [-0.4, -0.2) is 35.6 Å². The van der Waals surface area contributed by atoms with E-state index in [9.17, 15) is 14.7 Å². The molecule has 0 radical (unpaired) electrons. The van der Waals surface area contributed by atoms with Gasteiger partial charge in [-0.15, -0.1) is 0 Å². The number of para-hydroxylation sites is 1. The lowest BCUT2D eigenvalue weighted by atomic mass is 10.2. The maximum Gasteiger partial charge on any atom is 0.290 e. The Kier molecular flexibility index (Phi) is 5.93. The molecule has 2 aromatic rings. The molecule has 2 aromatic carbocycles. The van der Waals surface area contributed by atoms with Gasteiger partial charge in [-0.05, 0) is 47.7 Å². The fourth-order valence-corrected chi connectivity index (χ4v) is 2.86. The van der Waals surface area contributed by atoms with E-state index in [2.05, 4.69) is 5.32 Å². The summed E-state index contributed by atoms with van der Waals surface area (Å²) >= 11 is 0.874. The Bertz CT molecular complexity index is 804. The lowest BCUT2D eigenvalue weighted by Crippen LogP contribution is -2.25. The first-order valence-corrected chi connectivity index (χ1v) is 8.75. The van der Waals surface area contributed by atoms with Crippen LogP contribution in [0, 0.1) is 0 Å². The van der Waals surface area contributed by atoms with Crippen molar-refractivity contribution < 1.29 is 24.2 Å². The van der Waals surface area contributed by atoms with Crippen LogP contribution in [0.2, 0.25) is 0 Å². The second-order valence-electron chi connectivity index (χ2n) is 5.51. The highest BCUT2D eigenvalue weighted by molar-refractivity contribution is 8.18. The number of thioether (sulfide) groups is 1. The molecule has 26 heavy (non-hydrogen) atoms. The van der Waals surface area contributed by atoms with Gasteiger partial charge in [-0.2, -0.15) is 0 Å². The van der Waals surface area contributed by atoms with Gasteiger partial charge in [0.2, 0.25) is 0 Å². The van der Waals surface area contributed by atoms with Crippen molar-refractivity contribution in [1.29, 1.82) is 0 Å². The van der Waals surface area contributed by atoms with Gasteiger partial charge in [0.05, 0.1) is 4.91 Å². The molecule has 1 heterocycles. The molecule has 6 nitrogen and oxygen atoms in total. The van der Waals surface area contributed by atoms with Gasteiger partial charge < -0.3 is 14.6 Å². The smallest absolute Gasteiger partial charge is 0.290 e. The average molecular weight is 371 g/mol. The molecule has 1 aliphatic rings. The van der Waals surface area contributed by atoms with E-state index in [1.807, 2.05) is 30.3 Å². The van der Waals surface area contributed by atoms with Crippen molar-refractivity contribution in [3.8, 4) is 11.5 Å². The highest BCUT2D eigenvalue weighted by atomic mass is 32.2. The third-order valence-corrected chi connectivity index (χ3v) is 4.26. The second-order valence-corrected chi connectivity index (χ2v) is 6.52. The van der Waals surface area contributed by atoms with E-state index in [1.165, 1.54) is 0 Å². The Morgan fingerprint density at radius 2 is 1.58 bits per heavy atom. The van der Waals surface area contributed by atoms with E-state index in [4.69, 9.17) is 9.47 Å². The van der Waals surface area contributed by atoms with Gasteiger partial charge in [-0.3, -0.25) is 14.9 Å². The Labute approximate surface area is 154 Å². The number of ether oxygens (including phenoxy) is 2. The Hall–Kier alpha value is -2.77. The molecule has 1 atom stereocenters. The monoisotopic (exact) mass is 371 g/mol. The number of nitrogens with one attached hydrogen (secondary N) is 1. The van der Waals surface area contributed by atoms with Crippen molar-refractivity contribution in [3.05, 3.63) is 65.1 Å². The summed E-state index contributed by atoms with van der Waals surface area (Å²) in [7, 11) is 0. The Balaban J connectivity index is 1.47. The maximum absolute atomic E-state index is 11.5. The third kappa shape index (κ3) is 5.11. The van der Waals surface area contributed by atoms with Crippen molar-refractivity contribution in [2.24, 2.45) is 0 Å². The minimum atomic E-state index is -0.762. The summed E-state index contributed by atoms with van der Waals surface area (Å²) < 4.78 is 11.0. The molecule has 2 amide bonds. The summed E-state index contributed by atoms with van der Waals surface area (Å²) in [5, 5.41) is 11.8. The van der Waals surface area contributed by atoms with Crippen LogP contribution in [0.3, 0.4) is 0 Å². The van der Waals surface area contributed by atoms with Gasteiger partial charge in [0.15, 0.2) is 0 Å². The van der Waals surface area contributed by atoms with Crippen molar-refractivity contribution in [2.45, 2.75) is 6.10 Å². The van der Waals surface area contributed by atoms with E-state index in [0.717, 1.165) is 17.3 Å². The first-order chi connectivity index (χ1) is 12.6. The van der Waals surface area contributed by atoms with Gasteiger partial charge in [0, 0.05) is 0 Å². The van der Waals surface area contributed by atoms with Gasteiger partial charge in [0.25, 0.3) is 11.1 Å². The number of carbonyl (C=O) groups excluding carboxylic acids is 2. The predicted molar refractivity (Wildman–Crippen MR) is 99.0 cm³/mol. The summed E-state index contributed by atoms with van der Waals surface area (Å²) in [6.07, 6.45) is 0.874. The molecule has 1 saturated heterocycles. The number of benzene rings is 2. The summed E-state index contributed by atoms with van der Waals surface area (Å²) in [6, 6.07) is 16.2. The minimum absolute atomic E-state index is 0.0973. The lowest BCUT2D eigenvalue weighted by molar-refractivity contribution is -0.115. The molecule has 7 heteroatoms. The number of carbonyl (C=O) groups is 2. The molecule has 3 rings (SSSR count). The number of rotatable bonds is 7. The first kappa shape index (κ1) is 18.0. The van der Waals surface area contributed by atoms with E-state index >= 15 is 0 Å². The number of hydrogen-bond donors (Lipinski definition) is 2. The molecule has 0 unspecified atom stereocenters. The van der Waals surface area contributed by atoms with E-state index < -0.39 is 6.10 Å². The van der Waals surface area contributed by atoms with Gasteiger partial charge >= 0.3 is 0 Å². The molecule has 0 saturated carbocycles. The van der Waals surface area contributed by atoms with Gasteiger partial charge in [0.1, 0.15) is 30.8 Å². The lowest BCUT2D eigenvalue weighted by Gasteiger charge is -2.13. The van der Waals surface area contributed by atoms with E-state index in [-0.39, 0.29) is 24.4 Å². The maximum atomic E-state index is 11.5. The molecule has 0 aromatic heterocycles. The zero-order valence-electron chi connectivity index (χ0n) is 13.8. The highest BCUT2D eigenvalue weighted by Crippen LogP contribution is 2.26. The van der Waals surface area contributed by atoms with Gasteiger partial charge in [-0.1, -0.05) is 30.3 Å². The molecule has 134 valence electrons. The molecule has 0 aliphatic carbocycles. The number of amides is 2. The van der Waals surface area contributed by atoms with Crippen molar-refractivity contribution in [1.82, 2.24) is 5.32 Å². The zero-order valence-corrected chi connectivity index (χ0v) is 14.6. The topological polar surface area (TPSA) is 84.9 Å². The minimum Gasteiger partial charge on any atom is -0.491 e. The van der Waals surface area contributed by atoms with Crippen LogP contribution in [0.1, 0.15) is 5.56 Å². The van der Waals surface area contributed by atoms with Crippen LogP contribution < -0.4 is 14.8 Å². The standard InChI is InChI=1S/C19H17NO5S/c21-14(11-24-15-4-2-1-3-5-15)12-25-16-8-6-13(7-9-16)10-17-18(22)20-19(23)26-17/h1-10,14,21H,11-12H2,(H,20,22,23)/b17-10-/t14-/m1/s1. The summed E-state index contributed by atoms with van der Waals surface area (Å²) in [4.78, 5) is 23.0. The average Bonchev–Trinajstić information content (AvgIpc) is 2.97. The molecular weight excluding hydrogens is 354 g/mol. The normalized spacial score (nSPS) is 16.4. The van der Waals surface area contributed by atoms with E-state index in [1.54, 1.807) is 30.3 Å². The summed E-state index contributed by atoms with van der Waals surface area (Å²) in [5.74, 6) is 0.892. The third-order valence-electron chi connectivity index (χ3n) is 3.45. The van der Waals surface area contributed by atoms with Crippen LogP contribution >= 0.6 is 11.8 Å². The fourth-order valence-electron chi connectivity index (χ4n) is 2.18. The van der Waals surface area contributed by atoms with E-state index in [0.29, 0.717) is 16.4 Å². The molecule has 1 aliphatic heterocycles. The summed E-state index contributed by atoms with van der Waals surface area (Å²) in [6.45, 7) is 0.231. The SMILES string of the molecule is O=C1NC(=O)/C(=C/c2ccc(OC[C@H](O)COc3ccccc3)cc2)S1. The molecule has 1 fully saturated rings. The zero-order chi connectivity index (χ0) is 18.4. The number of hydrogen-bond acceptors (Lipinski definition) is 6. The van der Waals surface area contributed by atoms with Crippen LogP contribution in [0.4, 0.5) is 4.79 Å². The first-order valence-electron chi connectivity index (χ1n) is 7.94. The Morgan fingerprint density at radius 3 is 2.15 bits per heavy atom. The van der Waals surface area contributed by atoms with Crippen LogP contribution in [0.25, 0.3) is 6.08 Å². The van der Waals surface area contributed by atoms with Gasteiger partial charge in [-0.25, -0.2) is 0 Å². The van der Waals surface area contributed by atoms with Crippen molar-refractivity contribution >= 4 is 29.0 Å². The number of aliphatic hydroxyl groups excluding tert-OH is 1. The number of imide groups is 1. The molecule has 0 bridgehead atoms. The summed E-state index contributed by atoms with van der Waals surface area (Å²) in [5.41, 5.74) is 0.776. The molecular formula is C19H17NO5S. The van der Waals surface area contributed by atoms with Crippen LogP contribution in [0.5, 0.6) is 11.5 Å². The molecule has 0 spiro atoms.